The molecule has 0 aliphatic rings. The average molecular weight is 256 g/mol. The van der Waals surface area contributed by atoms with E-state index < -0.39 is 5.82 Å². The molecule has 0 aliphatic carbocycles. The highest BCUT2D eigenvalue weighted by Gasteiger charge is 2.13. The van der Waals surface area contributed by atoms with E-state index in [1.165, 1.54) is 6.07 Å². The number of carbonyl (C=O) groups is 1. The molecule has 0 saturated carbocycles. The highest BCUT2D eigenvalue weighted by molar-refractivity contribution is 5.98. The number of Topliss-reactive ketones (excluding diaryl/α,β-unsaturated/α-hetero) is 1. The molecule has 0 saturated heterocycles. The quantitative estimate of drug-likeness (QED) is 0.753. The van der Waals surface area contributed by atoms with Crippen molar-refractivity contribution in [2.24, 2.45) is 0 Å². The van der Waals surface area contributed by atoms with E-state index in [0.29, 0.717) is 0 Å². The number of hydrogen-bond donors (Lipinski definition) is 0. The van der Waals surface area contributed by atoms with Gasteiger partial charge in [-0.15, -0.1) is 0 Å². The molecule has 98 valence electrons. The predicted octanol–water partition coefficient (Wildman–Crippen LogP) is 4.18. The van der Waals surface area contributed by atoms with Crippen molar-refractivity contribution in [2.75, 3.05) is 0 Å². The van der Waals surface area contributed by atoms with Crippen molar-refractivity contribution in [2.45, 2.75) is 27.2 Å². The lowest BCUT2D eigenvalue weighted by molar-refractivity contribution is 0.0989. The van der Waals surface area contributed by atoms with Gasteiger partial charge in [0, 0.05) is 6.42 Å². The zero-order chi connectivity index (χ0) is 14.0. The third kappa shape index (κ3) is 3.08. The van der Waals surface area contributed by atoms with E-state index in [0.717, 1.165) is 22.3 Å². The first-order chi connectivity index (χ1) is 8.97. The molecule has 2 heteroatoms. The number of carbonyl (C=O) groups excluding carboxylic acids is 1. The molecule has 0 radical (unpaired) electrons. The fourth-order valence-electron chi connectivity index (χ4n) is 2.11. The van der Waals surface area contributed by atoms with Gasteiger partial charge in [0.15, 0.2) is 5.78 Å². The summed E-state index contributed by atoms with van der Waals surface area (Å²) < 4.78 is 13.8. The number of rotatable bonds is 3. The summed E-state index contributed by atoms with van der Waals surface area (Å²) in [5.41, 5.74) is 4.13. The standard InChI is InChI=1S/C17H17FO/c1-11-4-6-13(3)14(8-11)10-17(19)15-7-5-12(2)9-16(15)18/h4-9H,10H2,1-3H3. The summed E-state index contributed by atoms with van der Waals surface area (Å²) >= 11 is 0. The highest BCUT2D eigenvalue weighted by atomic mass is 19.1. The maximum Gasteiger partial charge on any atom is 0.170 e. The van der Waals surface area contributed by atoms with E-state index in [1.54, 1.807) is 12.1 Å². The monoisotopic (exact) mass is 256 g/mol. The molecule has 0 heterocycles. The molecule has 19 heavy (non-hydrogen) atoms. The molecule has 0 fully saturated rings. The van der Waals surface area contributed by atoms with Crippen molar-refractivity contribution >= 4 is 5.78 Å². The van der Waals surface area contributed by atoms with Gasteiger partial charge in [-0.05, 0) is 49.6 Å². The molecular formula is C17H17FO. The Balaban J connectivity index is 2.28. The molecule has 2 rings (SSSR count). The molecule has 0 aliphatic heterocycles. The van der Waals surface area contributed by atoms with Crippen LogP contribution in [0.1, 0.15) is 32.6 Å². The van der Waals surface area contributed by atoms with E-state index in [9.17, 15) is 9.18 Å². The molecule has 0 spiro atoms. The fourth-order valence-corrected chi connectivity index (χ4v) is 2.11. The van der Waals surface area contributed by atoms with Crippen LogP contribution in [0.3, 0.4) is 0 Å². The third-order valence-corrected chi connectivity index (χ3v) is 3.28. The summed E-state index contributed by atoms with van der Waals surface area (Å²) in [4.78, 5) is 12.2. The second kappa shape index (κ2) is 5.35. The van der Waals surface area contributed by atoms with Crippen LogP contribution < -0.4 is 0 Å². The van der Waals surface area contributed by atoms with Crippen LogP contribution in [0.5, 0.6) is 0 Å². The van der Waals surface area contributed by atoms with E-state index in [-0.39, 0.29) is 17.8 Å². The van der Waals surface area contributed by atoms with Crippen LogP contribution in [0.25, 0.3) is 0 Å². The SMILES string of the molecule is Cc1ccc(C(=O)Cc2cc(C)ccc2C)c(F)c1. The van der Waals surface area contributed by atoms with E-state index in [4.69, 9.17) is 0 Å². The van der Waals surface area contributed by atoms with Crippen molar-refractivity contribution in [3.05, 3.63) is 70.0 Å². The lowest BCUT2D eigenvalue weighted by Gasteiger charge is -2.07. The van der Waals surface area contributed by atoms with Crippen LogP contribution in [0.2, 0.25) is 0 Å². The smallest absolute Gasteiger partial charge is 0.170 e. The predicted molar refractivity (Wildman–Crippen MR) is 75.1 cm³/mol. The lowest BCUT2D eigenvalue weighted by Crippen LogP contribution is -2.07. The molecule has 0 aromatic heterocycles. The molecule has 2 aromatic carbocycles. The summed E-state index contributed by atoms with van der Waals surface area (Å²) in [6, 6.07) is 10.7. The minimum Gasteiger partial charge on any atom is -0.294 e. The van der Waals surface area contributed by atoms with Gasteiger partial charge in [0.05, 0.1) is 5.56 Å². The Morgan fingerprint density at radius 3 is 2.32 bits per heavy atom. The minimum atomic E-state index is -0.435. The summed E-state index contributed by atoms with van der Waals surface area (Å²) in [5.74, 6) is -0.610. The Bertz CT molecular complexity index is 629. The van der Waals surface area contributed by atoms with E-state index >= 15 is 0 Å². The first-order valence-corrected chi connectivity index (χ1v) is 6.33. The van der Waals surface area contributed by atoms with E-state index in [1.807, 2.05) is 39.0 Å². The van der Waals surface area contributed by atoms with Gasteiger partial charge in [0.25, 0.3) is 0 Å². The molecule has 1 nitrogen and oxygen atoms in total. The Morgan fingerprint density at radius 2 is 1.63 bits per heavy atom. The maximum absolute atomic E-state index is 13.8. The van der Waals surface area contributed by atoms with Crippen LogP contribution in [0, 0.1) is 26.6 Å². The summed E-state index contributed by atoms with van der Waals surface area (Å²) in [7, 11) is 0. The van der Waals surface area contributed by atoms with Crippen molar-refractivity contribution in [1.29, 1.82) is 0 Å². The molecule has 2 aromatic rings. The van der Waals surface area contributed by atoms with Crippen LogP contribution in [0.4, 0.5) is 4.39 Å². The lowest BCUT2D eigenvalue weighted by atomic mass is 9.97. The summed E-state index contributed by atoms with van der Waals surface area (Å²) in [6.07, 6.45) is 0.244. The van der Waals surface area contributed by atoms with Crippen molar-refractivity contribution in [1.82, 2.24) is 0 Å². The number of ketones is 1. The average Bonchev–Trinajstić information content (AvgIpc) is 2.33. The van der Waals surface area contributed by atoms with Gasteiger partial charge in [0.2, 0.25) is 0 Å². The molecular weight excluding hydrogens is 239 g/mol. The number of benzene rings is 2. The van der Waals surface area contributed by atoms with Gasteiger partial charge in [0.1, 0.15) is 5.82 Å². The number of halogens is 1. The second-order valence-corrected chi connectivity index (χ2v) is 5.01. The fraction of sp³-hybridized carbons (Fsp3) is 0.235. The Hall–Kier alpha value is -1.96. The van der Waals surface area contributed by atoms with Crippen molar-refractivity contribution in [3.8, 4) is 0 Å². The molecule has 0 atom stereocenters. The molecule has 0 amide bonds. The van der Waals surface area contributed by atoms with Crippen molar-refractivity contribution in [3.63, 3.8) is 0 Å². The maximum atomic E-state index is 13.8. The van der Waals surface area contributed by atoms with Crippen LogP contribution in [-0.4, -0.2) is 5.78 Å². The van der Waals surface area contributed by atoms with Crippen molar-refractivity contribution < 1.29 is 9.18 Å². The first-order valence-electron chi connectivity index (χ1n) is 6.33. The molecule has 0 unspecified atom stereocenters. The van der Waals surface area contributed by atoms with Gasteiger partial charge >= 0.3 is 0 Å². The number of aryl methyl sites for hydroxylation is 3. The van der Waals surface area contributed by atoms with Gasteiger partial charge in [-0.1, -0.05) is 29.8 Å². The zero-order valence-corrected chi connectivity index (χ0v) is 11.5. The third-order valence-electron chi connectivity index (χ3n) is 3.28. The van der Waals surface area contributed by atoms with Gasteiger partial charge in [-0.3, -0.25) is 4.79 Å². The normalized spacial score (nSPS) is 10.5. The topological polar surface area (TPSA) is 17.1 Å². The van der Waals surface area contributed by atoms with Gasteiger partial charge in [-0.25, -0.2) is 4.39 Å². The zero-order valence-electron chi connectivity index (χ0n) is 11.5. The van der Waals surface area contributed by atoms with E-state index in [2.05, 4.69) is 0 Å². The van der Waals surface area contributed by atoms with Gasteiger partial charge in [-0.2, -0.15) is 0 Å². The number of hydrogen-bond acceptors (Lipinski definition) is 1. The molecule has 0 bridgehead atoms. The molecule has 0 N–H and O–H groups in total. The second-order valence-electron chi connectivity index (χ2n) is 5.01. The first kappa shape index (κ1) is 13.5. The summed E-state index contributed by atoms with van der Waals surface area (Å²) in [5, 5.41) is 0. The van der Waals surface area contributed by atoms with Crippen LogP contribution in [0.15, 0.2) is 36.4 Å². The summed E-state index contributed by atoms with van der Waals surface area (Å²) in [6.45, 7) is 5.76. The highest BCUT2D eigenvalue weighted by Crippen LogP contribution is 2.16. The largest absolute Gasteiger partial charge is 0.294 e. The minimum absolute atomic E-state index is 0.173. The van der Waals surface area contributed by atoms with Gasteiger partial charge < -0.3 is 0 Å². The van der Waals surface area contributed by atoms with Crippen LogP contribution >= 0.6 is 0 Å². The Kier molecular flexibility index (Phi) is 3.79. The Morgan fingerprint density at radius 1 is 1.00 bits per heavy atom. The van der Waals surface area contributed by atoms with Crippen LogP contribution in [-0.2, 0) is 6.42 Å². The Labute approximate surface area is 113 Å².